The van der Waals surface area contributed by atoms with Gasteiger partial charge in [0.05, 0.1) is 23.5 Å². The molecular formula is C12H15N5O. The topological polar surface area (TPSA) is 83.6 Å². The van der Waals surface area contributed by atoms with Crippen LogP contribution in [0.15, 0.2) is 18.5 Å². The molecule has 2 aromatic heterocycles. The number of hydrogen-bond donors (Lipinski definition) is 2. The Morgan fingerprint density at radius 3 is 2.94 bits per heavy atom. The standard InChI is InChI=1S/C12H15N5O/c1-3-10-9(6-8(2)16-17-10)12(18)15-7-11-13-4-5-14-11/h4-6H,3,7H2,1-2H3,(H,13,14)(H,15,18). The Hall–Kier alpha value is -2.24. The highest BCUT2D eigenvalue weighted by atomic mass is 16.1. The van der Waals surface area contributed by atoms with Crippen LogP contribution >= 0.6 is 0 Å². The average molecular weight is 245 g/mol. The van der Waals surface area contributed by atoms with Crippen LogP contribution in [0.1, 0.15) is 34.5 Å². The van der Waals surface area contributed by atoms with Crippen LogP contribution in [0.4, 0.5) is 0 Å². The molecule has 2 rings (SSSR count). The van der Waals surface area contributed by atoms with Crippen molar-refractivity contribution in [1.29, 1.82) is 0 Å². The minimum absolute atomic E-state index is 0.152. The molecule has 0 aliphatic carbocycles. The number of carbonyl (C=O) groups is 1. The van der Waals surface area contributed by atoms with Crippen LogP contribution in [0.5, 0.6) is 0 Å². The molecule has 0 atom stereocenters. The van der Waals surface area contributed by atoms with Crippen LogP contribution < -0.4 is 5.32 Å². The maximum atomic E-state index is 12.1. The average Bonchev–Trinajstić information content (AvgIpc) is 2.89. The van der Waals surface area contributed by atoms with Crippen molar-refractivity contribution in [3.63, 3.8) is 0 Å². The van der Waals surface area contributed by atoms with Gasteiger partial charge in [-0.25, -0.2) is 4.98 Å². The van der Waals surface area contributed by atoms with Crippen LogP contribution in [-0.2, 0) is 13.0 Å². The number of aromatic nitrogens is 4. The molecule has 0 saturated carbocycles. The van der Waals surface area contributed by atoms with Crippen LogP contribution in [0.3, 0.4) is 0 Å². The third-order valence-corrected chi connectivity index (χ3v) is 2.54. The first-order valence-electron chi connectivity index (χ1n) is 5.80. The minimum atomic E-state index is -0.152. The van der Waals surface area contributed by atoms with Gasteiger partial charge < -0.3 is 10.3 Å². The monoisotopic (exact) mass is 245 g/mol. The van der Waals surface area contributed by atoms with Gasteiger partial charge in [-0.2, -0.15) is 10.2 Å². The van der Waals surface area contributed by atoms with Crippen molar-refractivity contribution in [2.75, 3.05) is 0 Å². The van der Waals surface area contributed by atoms with Gasteiger partial charge in [0, 0.05) is 12.4 Å². The predicted octanol–water partition coefficient (Wildman–Crippen LogP) is 1.00. The Balaban J connectivity index is 2.10. The van der Waals surface area contributed by atoms with E-state index in [2.05, 4.69) is 25.5 Å². The SMILES string of the molecule is CCc1nnc(C)cc1C(=O)NCc1ncc[nH]1. The van der Waals surface area contributed by atoms with Crippen LogP contribution in [0.2, 0.25) is 0 Å². The lowest BCUT2D eigenvalue weighted by molar-refractivity contribution is 0.0948. The molecule has 0 aliphatic rings. The Bertz CT molecular complexity index is 535. The van der Waals surface area contributed by atoms with Crippen molar-refractivity contribution in [1.82, 2.24) is 25.5 Å². The molecule has 0 fully saturated rings. The molecule has 0 saturated heterocycles. The Morgan fingerprint density at radius 1 is 1.44 bits per heavy atom. The first-order chi connectivity index (χ1) is 8.70. The number of H-pyrrole nitrogens is 1. The van der Waals surface area contributed by atoms with E-state index < -0.39 is 0 Å². The highest BCUT2D eigenvalue weighted by Crippen LogP contribution is 2.07. The molecule has 2 N–H and O–H groups in total. The van der Waals surface area contributed by atoms with Gasteiger partial charge in [0.25, 0.3) is 5.91 Å². The van der Waals surface area contributed by atoms with Crippen molar-refractivity contribution in [2.24, 2.45) is 0 Å². The summed E-state index contributed by atoms with van der Waals surface area (Å²) in [5.41, 5.74) is 2.02. The quantitative estimate of drug-likeness (QED) is 0.841. The van der Waals surface area contributed by atoms with Gasteiger partial charge in [0.1, 0.15) is 5.82 Å². The summed E-state index contributed by atoms with van der Waals surface area (Å²) in [4.78, 5) is 19.0. The van der Waals surface area contributed by atoms with Gasteiger partial charge in [0.2, 0.25) is 0 Å². The molecule has 0 unspecified atom stereocenters. The summed E-state index contributed by atoms with van der Waals surface area (Å²) in [7, 11) is 0. The van der Waals surface area contributed by atoms with Gasteiger partial charge in [-0.1, -0.05) is 6.92 Å². The number of nitrogens with zero attached hydrogens (tertiary/aromatic N) is 3. The number of rotatable bonds is 4. The molecular weight excluding hydrogens is 230 g/mol. The second-order valence-corrected chi connectivity index (χ2v) is 3.92. The van der Waals surface area contributed by atoms with Gasteiger partial charge in [-0.15, -0.1) is 0 Å². The zero-order chi connectivity index (χ0) is 13.0. The van der Waals surface area contributed by atoms with Gasteiger partial charge in [0.15, 0.2) is 0 Å². The zero-order valence-corrected chi connectivity index (χ0v) is 10.4. The zero-order valence-electron chi connectivity index (χ0n) is 10.4. The predicted molar refractivity (Wildman–Crippen MR) is 65.9 cm³/mol. The Morgan fingerprint density at radius 2 is 2.28 bits per heavy atom. The minimum Gasteiger partial charge on any atom is -0.347 e. The second-order valence-electron chi connectivity index (χ2n) is 3.92. The first kappa shape index (κ1) is 12.2. The molecule has 0 spiro atoms. The number of aromatic amines is 1. The van der Waals surface area contributed by atoms with E-state index in [1.807, 2.05) is 13.8 Å². The van der Waals surface area contributed by atoms with Gasteiger partial charge in [-0.05, 0) is 19.4 Å². The van der Waals surface area contributed by atoms with E-state index >= 15 is 0 Å². The van der Waals surface area contributed by atoms with Crippen LogP contribution in [0, 0.1) is 6.92 Å². The molecule has 0 aromatic carbocycles. The van der Waals surface area contributed by atoms with Crippen LogP contribution in [-0.4, -0.2) is 26.1 Å². The molecule has 1 amide bonds. The Kier molecular flexibility index (Phi) is 3.66. The summed E-state index contributed by atoms with van der Waals surface area (Å²) in [5, 5.41) is 10.8. The lowest BCUT2D eigenvalue weighted by Gasteiger charge is -2.07. The summed E-state index contributed by atoms with van der Waals surface area (Å²) < 4.78 is 0. The highest BCUT2D eigenvalue weighted by molar-refractivity contribution is 5.95. The number of imidazole rings is 1. The molecule has 6 heteroatoms. The smallest absolute Gasteiger partial charge is 0.253 e. The molecule has 0 radical (unpaired) electrons. The van der Waals surface area contributed by atoms with E-state index in [4.69, 9.17) is 0 Å². The van der Waals surface area contributed by atoms with Crippen molar-refractivity contribution in [3.05, 3.63) is 41.2 Å². The van der Waals surface area contributed by atoms with Crippen LogP contribution in [0.25, 0.3) is 0 Å². The van der Waals surface area contributed by atoms with E-state index in [9.17, 15) is 4.79 Å². The number of nitrogens with one attached hydrogen (secondary N) is 2. The molecule has 6 nitrogen and oxygen atoms in total. The fourth-order valence-electron chi connectivity index (χ4n) is 1.63. The van der Waals surface area contributed by atoms with E-state index in [1.165, 1.54) is 0 Å². The summed E-state index contributed by atoms with van der Waals surface area (Å²) in [6.45, 7) is 4.13. The first-order valence-corrected chi connectivity index (χ1v) is 5.80. The summed E-state index contributed by atoms with van der Waals surface area (Å²) >= 11 is 0. The fraction of sp³-hybridized carbons (Fsp3) is 0.333. The van der Waals surface area contributed by atoms with E-state index in [0.29, 0.717) is 24.2 Å². The summed E-state index contributed by atoms with van der Waals surface area (Å²) in [5.74, 6) is 0.571. The Labute approximate surface area is 105 Å². The molecule has 18 heavy (non-hydrogen) atoms. The van der Waals surface area contributed by atoms with Crippen molar-refractivity contribution in [2.45, 2.75) is 26.8 Å². The largest absolute Gasteiger partial charge is 0.347 e. The summed E-state index contributed by atoms with van der Waals surface area (Å²) in [6, 6.07) is 1.75. The third-order valence-electron chi connectivity index (χ3n) is 2.54. The third kappa shape index (κ3) is 2.71. The van der Waals surface area contributed by atoms with Gasteiger partial charge in [-0.3, -0.25) is 4.79 Å². The normalized spacial score (nSPS) is 10.3. The number of hydrogen-bond acceptors (Lipinski definition) is 4. The highest BCUT2D eigenvalue weighted by Gasteiger charge is 2.12. The number of aryl methyl sites for hydroxylation is 2. The van der Waals surface area contributed by atoms with Crippen molar-refractivity contribution < 1.29 is 4.79 Å². The van der Waals surface area contributed by atoms with Crippen molar-refractivity contribution in [3.8, 4) is 0 Å². The van der Waals surface area contributed by atoms with Crippen molar-refractivity contribution >= 4 is 5.91 Å². The lowest BCUT2D eigenvalue weighted by atomic mass is 10.1. The summed E-state index contributed by atoms with van der Waals surface area (Å²) in [6.07, 6.45) is 4.05. The van der Waals surface area contributed by atoms with E-state index in [0.717, 1.165) is 11.5 Å². The second kappa shape index (κ2) is 5.39. The molecule has 2 aromatic rings. The maximum Gasteiger partial charge on any atom is 0.253 e. The van der Waals surface area contributed by atoms with E-state index in [1.54, 1.807) is 18.5 Å². The molecule has 2 heterocycles. The fourth-order valence-corrected chi connectivity index (χ4v) is 1.63. The van der Waals surface area contributed by atoms with E-state index in [-0.39, 0.29) is 5.91 Å². The molecule has 94 valence electrons. The number of carbonyl (C=O) groups excluding carboxylic acids is 1. The maximum absolute atomic E-state index is 12.1. The molecule has 0 aliphatic heterocycles. The number of amides is 1. The van der Waals surface area contributed by atoms with Gasteiger partial charge >= 0.3 is 0 Å². The molecule has 0 bridgehead atoms. The lowest BCUT2D eigenvalue weighted by Crippen LogP contribution is -2.25.